The van der Waals surface area contributed by atoms with Crippen LogP contribution in [-0.2, 0) is 9.59 Å². The molecule has 2 aromatic carbocycles. The second kappa shape index (κ2) is 7.63. The van der Waals surface area contributed by atoms with Gasteiger partial charge in [0.1, 0.15) is 6.04 Å². The molecular weight excluding hydrogens is 318 g/mol. The number of carboxylic acid groups (broad SMARTS) is 1. The lowest BCUT2D eigenvalue weighted by Gasteiger charge is -2.35. The average Bonchev–Trinajstić information content (AvgIpc) is 2.60. The van der Waals surface area contributed by atoms with Crippen molar-refractivity contribution in [1.82, 2.24) is 9.80 Å². The fraction of sp³-hybridized carbons (Fsp3) is 0.368. The molecule has 6 nitrogen and oxygen atoms in total. The van der Waals surface area contributed by atoms with Gasteiger partial charge < -0.3 is 15.3 Å². The number of carbonyl (C=O) groups is 2. The van der Waals surface area contributed by atoms with Crippen molar-refractivity contribution >= 4 is 28.3 Å². The Morgan fingerprint density at radius 2 is 1.76 bits per heavy atom. The van der Waals surface area contributed by atoms with Crippen molar-refractivity contribution in [1.29, 1.82) is 0 Å². The van der Waals surface area contributed by atoms with Gasteiger partial charge >= 0.3 is 5.97 Å². The molecule has 132 valence electrons. The van der Waals surface area contributed by atoms with Crippen LogP contribution < -0.4 is 5.32 Å². The molecule has 25 heavy (non-hydrogen) atoms. The maximum atomic E-state index is 12.4. The van der Waals surface area contributed by atoms with E-state index in [1.54, 1.807) is 0 Å². The van der Waals surface area contributed by atoms with Gasteiger partial charge in [0.25, 0.3) is 0 Å². The number of anilines is 1. The molecule has 1 aliphatic heterocycles. The summed E-state index contributed by atoms with van der Waals surface area (Å²) in [5.41, 5.74) is 0.686. The van der Waals surface area contributed by atoms with Crippen molar-refractivity contribution in [2.45, 2.75) is 12.5 Å². The Labute approximate surface area is 147 Å². The van der Waals surface area contributed by atoms with Gasteiger partial charge in [-0.05, 0) is 30.0 Å². The highest BCUT2D eigenvalue weighted by atomic mass is 16.4. The summed E-state index contributed by atoms with van der Waals surface area (Å²) in [6.07, 6.45) is -0.0497. The SMILES string of the molecule is CN1CCN([C@@H](CC(=O)Nc2ccc3ccccc3c2)C(=O)O)CC1. The molecule has 2 aromatic rings. The molecule has 0 spiro atoms. The third kappa shape index (κ3) is 4.35. The van der Waals surface area contributed by atoms with Gasteiger partial charge in [-0.2, -0.15) is 0 Å². The van der Waals surface area contributed by atoms with Crippen LogP contribution in [0, 0.1) is 0 Å². The van der Waals surface area contributed by atoms with E-state index >= 15 is 0 Å². The Kier molecular flexibility index (Phi) is 5.31. The number of carboxylic acids is 1. The summed E-state index contributed by atoms with van der Waals surface area (Å²) in [5.74, 6) is -1.22. The molecule has 1 atom stereocenters. The third-order valence-corrected chi connectivity index (χ3v) is 4.68. The van der Waals surface area contributed by atoms with Gasteiger partial charge in [0.05, 0.1) is 6.42 Å². The minimum atomic E-state index is -0.946. The molecular formula is C19H23N3O3. The van der Waals surface area contributed by atoms with Crippen LogP contribution in [0.25, 0.3) is 10.8 Å². The van der Waals surface area contributed by atoms with Crippen LogP contribution in [0.2, 0.25) is 0 Å². The lowest BCUT2D eigenvalue weighted by atomic mass is 10.1. The molecule has 2 N–H and O–H groups in total. The van der Waals surface area contributed by atoms with Crippen LogP contribution in [-0.4, -0.2) is 66.1 Å². The van der Waals surface area contributed by atoms with Crippen LogP contribution in [0.5, 0.6) is 0 Å². The Morgan fingerprint density at radius 1 is 1.08 bits per heavy atom. The van der Waals surface area contributed by atoms with Crippen LogP contribution in [0.3, 0.4) is 0 Å². The number of amides is 1. The van der Waals surface area contributed by atoms with Crippen LogP contribution in [0.4, 0.5) is 5.69 Å². The summed E-state index contributed by atoms with van der Waals surface area (Å²) in [7, 11) is 2.01. The summed E-state index contributed by atoms with van der Waals surface area (Å²) >= 11 is 0. The van der Waals surface area contributed by atoms with E-state index in [0.717, 1.165) is 23.9 Å². The summed E-state index contributed by atoms with van der Waals surface area (Å²) in [4.78, 5) is 28.0. The predicted molar refractivity (Wildman–Crippen MR) is 97.7 cm³/mol. The Balaban J connectivity index is 1.65. The number of hydrogen-bond donors (Lipinski definition) is 2. The lowest BCUT2D eigenvalue weighted by Crippen LogP contribution is -2.52. The molecule has 1 amide bonds. The van der Waals surface area contributed by atoms with Gasteiger partial charge in [-0.15, -0.1) is 0 Å². The highest BCUT2D eigenvalue weighted by Gasteiger charge is 2.30. The second-order valence-corrected chi connectivity index (χ2v) is 6.51. The number of nitrogens with zero attached hydrogens (tertiary/aromatic N) is 2. The summed E-state index contributed by atoms with van der Waals surface area (Å²) in [6, 6.07) is 12.8. The zero-order chi connectivity index (χ0) is 17.8. The van der Waals surface area contributed by atoms with Gasteiger partial charge in [0.15, 0.2) is 0 Å². The van der Waals surface area contributed by atoms with Gasteiger partial charge in [0, 0.05) is 31.9 Å². The van der Waals surface area contributed by atoms with Crippen molar-refractivity contribution in [2.24, 2.45) is 0 Å². The molecule has 0 unspecified atom stereocenters. The highest BCUT2D eigenvalue weighted by molar-refractivity contribution is 5.96. The minimum absolute atomic E-state index is 0.0497. The molecule has 6 heteroatoms. The number of rotatable bonds is 5. The number of nitrogens with one attached hydrogen (secondary N) is 1. The lowest BCUT2D eigenvalue weighted by molar-refractivity contribution is -0.145. The standard InChI is InChI=1S/C19H23N3O3/c1-21-8-10-22(11-9-21)17(19(24)25)13-18(23)20-16-7-6-14-4-2-3-5-15(14)12-16/h2-7,12,17H,8-11,13H2,1H3,(H,20,23)(H,24,25)/t17-/m0/s1. The maximum Gasteiger partial charge on any atom is 0.321 e. The molecule has 1 heterocycles. The van der Waals surface area contributed by atoms with E-state index in [4.69, 9.17) is 0 Å². The van der Waals surface area contributed by atoms with Crippen LogP contribution in [0.1, 0.15) is 6.42 Å². The van der Waals surface area contributed by atoms with Crippen molar-refractivity contribution in [3.63, 3.8) is 0 Å². The average molecular weight is 341 g/mol. The monoisotopic (exact) mass is 341 g/mol. The first-order chi connectivity index (χ1) is 12.0. The Morgan fingerprint density at radius 3 is 2.44 bits per heavy atom. The topological polar surface area (TPSA) is 72.9 Å². The zero-order valence-electron chi connectivity index (χ0n) is 14.3. The molecule has 0 aliphatic carbocycles. The van der Waals surface area contributed by atoms with Crippen molar-refractivity contribution in [3.8, 4) is 0 Å². The largest absolute Gasteiger partial charge is 0.480 e. The van der Waals surface area contributed by atoms with Gasteiger partial charge in [0.2, 0.25) is 5.91 Å². The van der Waals surface area contributed by atoms with Crippen LogP contribution >= 0.6 is 0 Å². The van der Waals surface area contributed by atoms with Crippen molar-refractivity contribution in [2.75, 3.05) is 38.5 Å². The second-order valence-electron chi connectivity index (χ2n) is 6.51. The predicted octanol–water partition coefficient (Wildman–Crippen LogP) is 1.87. The molecule has 3 rings (SSSR count). The zero-order valence-corrected chi connectivity index (χ0v) is 14.3. The fourth-order valence-electron chi connectivity index (χ4n) is 3.16. The molecule has 0 aromatic heterocycles. The number of fused-ring (bicyclic) bond motifs is 1. The van der Waals surface area contributed by atoms with Gasteiger partial charge in [-0.1, -0.05) is 30.3 Å². The van der Waals surface area contributed by atoms with E-state index < -0.39 is 12.0 Å². The Hall–Kier alpha value is -2.44. The van der Waals surface area contributed by atoms with Crippen molar-refractivity contribution < 1.29 is 14.7 Å². The first kappa shape index (κ1) is 17.4. The number of carbonyl (C=O) groups excluding carboxylic acids is 1. The normalized spacial score (nSPS) is 17.3. The first-order valence-electron chi connectivity index (χ1n) is 8.47. The number of aliphatic carboxylic acids is 1. The van der Waals surface area contributed by atoms with Gasteiger partial charge in [-0.25, -0.2) is 0 Å². The third-order valence-electron chi connectivity index (χ3n) is 4.68. The summed E-state index contributed by atoms with van der Waals surface area (Å²) in [6.45, 7) is 2.96. The highest BCUT2D eigenvalue weighted by Crippen LogP contribution is 2.19. The number of benzene rings is 2. The van der Waals surface area contributed by atoms with E-state index in [1.807, 2.05) is 54.4 Å². The Bertz CT molecular complexity index is 769. The van der Waals surface area contributed by atoms with E-state index in [9.17, 15) is 14.7 Å². The van der Waals surface area contributed by atoms with Crippen LogP contribution in [0.15, 0.2) is 42.5 Å². The number of hydrogen-bond acceptors (Lipinski definition) is 4. The number of piperazine rings is 1. The molecule has 0 saturated carbocycles. The van der Waals surface area contributed by atoms with E-state index in [-0.39, 0.29) is 12.3 Å². The summed E-state index contributed by atoms with van der Waals surface area (Å²) in [5, 5.41) is 14.5. The van der Waals surface area contributed by atoms with E-state index in [1.165, 1.54) is 0 Å². The quantitative estimate of drug-likeness (QED) is 0.869. The van der Waals surface area contributed by atoms with Crippen molar-refractivity contribution in [3.05, 3.63) is 42.5 Å². The van der Waals surface area contributed by atoms with E-state index in [0.29, 0.717) is 18.8 Å². The molecule has 1 saturated heterocycles. The molecule has 0 radical (unpaired) electrons. The first-order valence-corrected chi connectivity index (χ1v) is 8.47. The van der Waals surface area contributed by atoms with Gasteiger partial charge in [-0.3, -0.25) is 14.5 Å². The molecule has 1 fully saturated rings. The fourth-order valence-corrected chi connectivity index (χ4v) is 3.16. The number of likely N-dealkylation sites (N-methyl/N-ethyl adjacent to an activating group) is 1. The van der Waals surface area contributed by atoms with E-state index in [2.05, 4.69) is 10.2 Å². The minimum Gasteiger partial charge on any atom is -0.480 e. The summed E-state index contributed by atoms with van der Waals surface area (Å²) < 4.78 is 0. The molecule has 1 aliphatic rings. The molecule has 0 bridgehead atoms. The smallest absolute Gasteiger partial charge is 0.321 e. The maximum absolute atomic E-state index is 12.4.